The molecule has 0 bridgehead atoms. The van der Waals surface area contributed by atoms with Gasteiger partial charge in [0.2, 0.25) is 0 Å². The highest BCUT2D eigenvalue weighted by Crippen LogP contribution is 2.53. The van der Waals surface area contributed by atoms with Gasteiger partial charge in [-0.05, 0) is 84.3 Å². The molecule has 0 fully saturated rings. The van der Waals surface area contributed by atoms with E-state index >= 15 is 0 Å². The van der Waals surface area contributed by atoms with E-state index in [9.17, 15) is 0 Å². The van der Waals surface area contributed by atoms with E-state index in [1.165, 1.54) is 43.2 Å². The van der Waals surface area contributed by atoms with Crippen LogP contribution in [0.5, 0.6) is 5.75 Å². The van der Waals surface area contributed by atoms with Crippen molar-refractivity contribution in [3.8, 4) is 5.75 Å². The zero-order valence-corrected chi connectivity index (χ0v) is 15.0. The average Bonchev–Trinajstić information content (AvgIpc) is 2.84. The highest BCUT2D eigenvalue weighted by molar-refractivity contribution is 5.89. The third-order valence-corrected chi connectivity index (χ3v) is 6.42. The molecule has 0 heterocycles. The van der Waals surface area contributed by atoms with Crippen molar-refractivity contribution >= 4 is 5.57 Å². The summed E-state index contributed by atoms with van der Waals surface area (Å²) in [6.07, 6.45) is 7.68. The highest BCUT2D eigenvalue weighted by atomic mass is 16.5. The lowest BCUT2D eigenvalue weighted by Gasteiger charge is -2.36. The minimum absolute atomic E-state index is 0.372. The summed E-state index contributed by atoms with van der Waals surface area (Å²) in [6.45, 7) is 7.35. The Hall–Kier alpha value is -1.50. The van der Waals surface area contributed by atoms with Gasteiger partial charge in [0.15, 0.2) is 0 Å². The summed E-state index contributed by atoms with van der Waals surface area (Å²) >= 11 is 0. The van der Waals surface area contributed by atoms with Crippen molar-refractivity contribution in [2.75, 3.05) is 7.11 Å². The van der Waals surface area contributed by atoms with Crippen molar-refractivity contribution < 1.29 is 4.74 Å². The van der Waals surface area contributed by atoms with Crippen LogP contribution in [0.15, 0.2) is 34.9 Å². The third kappa shape index (κ3) is 2.28. The molecule has 23 heavy (non-hydrogen) atoms. The second kappa shape index (κ2) is 5.26. The fourth-order valence-corrected chi connectivity index (χ4v) is 5.03. The average molecular weight is 308 g/mol. The number of allylic oxidation sites excluding steroid dienone is 4. The number of hydrogen-bond donors (Lipinski definition) is 0. The normalized spacial score (nSPS) is 25.7. The van der Waals surface area contributed by atoms with Gasteiger partial charge in [-0.3, -0.25) is 0 Å². The first-order valence-electron chi connectivity index (χ1n) is 9.14. The van der Waals surface area contributed by atoms with E-state index in [4.69, 9.17) is 4.74 Å². The van der Waals surface area contributed by atoms with E-state index in [-0.39, 0.29) is 0 Å². The van der Waals surface area contributed by atoms with Crippen LogP contribution in [0.4, 0.5) is 0 Å². The van der Waals surface area contributed by atoms with Gasteiger partial charge in [0.25, 0.3) is 0 Å². The van der Waals surface area contributed by atoms with E-state index in [1.807, 2.05) is 0 Å². The smallest absolute Gasteiger partial charge is 0.119 e. The Morgan fingerprint density at radius 1 is 1.17 bits per heavy atom. The summed E-state index contributed by atoms with van der Waals surface area (Å²) in [5.74, 6) is 1.69. The number of benzene rings is 1. The number of fused-ring (bicyclic) bond motifs is 3. The Morgan fingerprint density at radius 2 is 2.00 bits per heavy atom. The molecule has 1 unspecified atom stereocenters. The van der Waals surface area contributed by atoms with Crippen molar-refractivity contribution in [2.24, 2.45) is 11.3 Å². The fraction of sp³-hybridized carbons (Fsp3) is 0.545. The molecule has 0 N–H and O–H groups in total. The molecule has 4 rings (SSSR count). The molecular weight excluding hydrogens is 280 g/mol. The SMILES string of the molecule is COc1ccc2c(c1)C1=C(C2)C(C)CCC2=C1CCCC2(C)C. The Bertz CT molecular complexity index is 717. The summed E-state index contributed by atoms with van der Waals surface area (Å²) in [5.41, 5.74) is 10.1. The topological polar surface area (TPSA) is 9.23 Å². The van der Waals surface area contributed by atoms with Gasteiger partial charge in [-0.15, -0.1) is 0 Å². The molecule has 122 valence electrons. The molecule has 1 aromatic rings. The van der Waals surface area contributed by atoms with Crippen molar-refractivity contribution in [3.05, 3.63) is 46.0 Å². The van der Waals surface area contributed by atoms with Gasteiger partial charge in [-0.1, -0.05) is 38.0 Å². The van der Waals surface area contributed by atoms with Crippen LogP contribution in [0.3, 0.4) is 0 Å². The van der Waals surface area contributed by atoms with E-state index in [1.54, 1.807) is 29.4 Å². The molecular formula is C22H28O. The minimum atomic E-state index is 0.372. The van der Waals surface area contributed by atoms with Crippen LogP contribution < -0.4 is 4.74 Å². The maximum Gasteiger partial charge on any atom is 0.119 e. The largest absolute Gasteiger partial charge is 0.497 e. The van der Waals surface area contributed by atoms with E-state index in [0.717, 1.165) is 12.2 Å². The Labute approximate surface area is 140 Å². The molecule has 1 heteroatoms. The maximum absolute atomic E-state index is 5.52. The molecule has 0 amide bonds. The lowest BCUT2D eigenvalue weighted by molar-refractivity contribution is 0.353. The van der Waals surface area contributed by atoms with Gasteiger partial charge in [-0.25, -0.2) is 0 Å². The molecule has 1 atom stereocenters. The predicted molar refractivity (Wildman–Crippen MR) is 96.7 cm³/mol. The Morgan fingerprint density at radius 3 is 2.78 bits per heavy atom. The van der Waals surface area contributed by atoms with E-state index < -0.39 is 0 Å². The molecule has 0 spiro atoms. The molecule has 0 saturated carbocycles. The molecule has 1 aromatic carbocycles. The molecule has 3 aliphatic rings. The van der Waals surface area contributed by atoms with Gasteiger partial charge in [0.1, 0.15) is 5.75 Å². The quantitative estimate of drug-likeness (QED) is 0.623. The number of ether oxygens (including phenoxy) is 1. The van der Waals surface area contributed by atoms with Gasteiger partial charge in [-0.2, -0.15) is 0 Å². The lowest BCUT2D eigenvalue weighted by atomic mass is 9.69. The second-order valence-electron chi connectivity index (χ2n) is 8.23. The van der Waals surface area contributed by atoms with Crippen LogP contribution in [-0.2, 0) is 6.42 Å². The number of methoxy groups -OCH3 is 1. The summed E-state index contributed by atoms with van der Waals surface area (Å²) < 4.78 is 5.52. The number of hydrogen-bond acceptors (Lipinski definition) is 1. The molecule has 0 aromatic heterocycles. The maximum atomic E-state index is 5.52. The summed E-state index contributed by atoms with van der Waals surface area (Å²) in [6, 6.07) is 6.68. The van der Waals surface area contributed by atoms with E-state index in [2.05, 4.69) is 39.0 Å². The first kappa shape index (κ1) is 15.1. The molecule has 0 radical (unpaired) electrons. The summed E-state index contributed by atoms with van der Waals surface area (Å²) in [4.78, 5) is 0. The minimum Gasteiger partial charge on any atom is -0.497 e. The second-order valence-corrected chi connectivity index (χ2v) is 8.23. The molecule has 3 aliphatic carbocycles. The fourth-order valence-electron chi connectivity index (χ4n) is 5.03. The van der Waals surface area contributed by atoms with Crippen LogP contribution in [0.2, 0.25) is 0 Å². The zero-order valence-electron chi connectivity index (χ0n) is 15.0. The van der Waals surface area contributed by atoms with Gasteiger partial charge in [0.05, 0.1) is 7.11 Å². The Balaban J connectivity index is 1.93. The number of rotatable bonds is 1. The Kier molecular flexibility index (Phi) is 3.44. The highest BCUT2D eigenvalue weighted by Gasteiger charge is 2.37. The van der Waals surface area contributed by atoms with Crippen LogP contribution >= 0.6 is 0 Å². The van der Waals surface area contributed by atoms with Crippen LogP contribution in [0.25, 0.3) is 5.57 Å². The predicted octanol–water partition coefficient (Wildman–Crippen LogP) is 5.94. The van der Waals surface area contributed by atoms with Crippen molar-refractivity contribution in [2.45, 2.75) is 59.3 Å². The van der Waals surface area contributed by atoms with Crippen molar-refractivity contribution in [3.63, 3.8) is 0 Å². The van der Waals surface area contributed by atoms with Crippen molar-refractivity contribution in [1.29, 1.82) is 0 Å². The first-order chi connectivity index (χ1) is 11.0. The van der Waals surface area contributed by atoms with Crippen LogP contribution in [0, 0.1) is 11.3 Å². The standard InChI is InChI=1S/C22H28O/c1-14-7-10-20-17(6-5-11-22(20,2)3)21-18(14)12-15-8-9-16(23-4)13-19(15)21/h8-9,13-14H,5-7,10-12H2,1-4H3. The van der Waals surface area contributed by atoms with Gasteiger partial charge in [0, 0.05) is 0 Å². The van der Waals surface area contributed by atoms with Crippen LogP contribution in [0.1, 0.15) is 64.0 Å². The first-order valence-corrected chi connectivity index (χ1v) is 9.14. The monoisotopic (exact) mass is 308 g/mol. The van der Waals surface area contributed by atoms with Crippen LogP contribution in [-0.4, -0.2) is 7.11 Å². The van der Waals surface area contributed by atoms with Gasteiger partial charge >= 0.3 is 0 Å². The zero-order chi connectivity index (χ0) is 16.2. The lowest BCUT2D eigenvalue weighted by Crippen LogP contribution is -2.21. The van der Waals surface area contributed by atoms with Crippen molar-refractivity contribution in [1.82, 2.24) is 0 Å². The van der Waals surface area contributed by atoms with Gasteiger partial charge < -0.3 is 4.74 Å². The third-order valence-electron chi connectivity index (χ3n) is 6.42. The van der Waals surface area contributed by atoms with E-state index in [0.29, 0.717) is 11.3 Å². The molecule has 0 aliphatic heterocycles. The summed E-state index contributed by atoms with van der Waals surface area (Å²) in [5, 5.41) is 0. The molecule has 1 nitrogen and oxygen atoms in total. The molecule has 0 saturated heterocycles. The summed E-state index contributed by atoms with van der Waals surface area (Å²) in [7, 11) is 1.77.